The Bertz CT molecular complexity index is 1160. The van der Waals surface area contributed by atoms with Gasteiger partial charge >= 0.3 is 6.18 Å². The molecule has 0 bridgehead atoms. The standard InChI is InChI=1S/C17H11F3N4O2.ClH/c18-17(19,20)9-24-14-6-10(26-11-2-1-5-21-7-11)3-4-12(14)15-13(16(24)25)8-22-23-15;/h1-8H,9H2,(H,22,23);1H. The van der Waals surface area contributed by atoms with E-state index in [0.717, 1.165) is 0 Å². The first-order valence-electron chi connectivity index (χ1n) is 7.57. The van der Waals surface area contributed by atoms with Gasteiger partial charge in [0.2, 0.25) is 0 Å². The number of nitrogens with one attached hydrogen (secondary N) is 1. The summed E-state index contributed by atoms with van der Waals surface area (Å²) in [6, 6.07) is 7.91. The molecule has 0 aliphatic heterocycles. The molecule has 4 rings (SSSR count). The second kappa shape index (κ2) is 6.92. The van der Waals surface area contributed by atoms with Gasteiger partial charge in [-0.05, 0) is 24.3 Å². The monoisotopic (exact) mass is 396 g/mol. The molecule has 0 aliphatic carbocycles. The van der Waals surface area contributed by atoms with Crippen molar-refractivity contribution in [3.05, 3.63) is 59.3 Å². The number of aromatic amines is 1. The molecule has 0 radical (unpaired) electrons. The molecule has 27 heavy (non-hydrogen) atoms. The maximum absolute atomic E-state index is 13.0. The summed E-state index contributed by atoms with van der Waals surface area (Å²) in [5, 5.41) is 7.04. The molecule has 1 N–H and O–H groups in total. The van der Waals surface area contributed by atoms with Crippen LogP contribution in [0, 0.1) is 0 Å². The fourth-order valence-electron chi connectivity index (χ4n) is 2.79. The number of hydrogen-bond acceptors (Lipinski definition) is 4. The first kappa shape index (κ1) is 18.7. The molecule has 10 heteroatoms. The largest absolute Gasteiger partial charge is 0.456 e. The van der Waals surface area contributed by atoms with Gasteiger partial charge in [0.05, 0.1) is 17.1 Å². The topological polar surface area (TPSA) is 72.8 Å². The van der Waals surface area contributed by atoms with E-state index in [1.54, 1.807) is 30.5 Å². The lowest BCUT2D eigenvalue weighted by atomic mass is 10.1. The molecule has 0 amide bonds. The third-order valence-electron chi connectivity index (χ3n) is 3.84. The van der Waals surface area contributed by atoms with Crippen molar-refractivity contribution in [2.24, 2.45) is 0 Å². The van der Waals surface area contributed by atoms with Crippen molar-refractivity contribution in [3.63, 3.8) is 0 Å². The smallest absolute Gasteiger partial charge is 0.406 e. The summed E-state index contributed by atoms with van der Waals surface area (Å²) in [5.41, 5.74) is -0.359. The zero-order valence-electron chi connectivity index (χ0n) is 13.5. The molecular formula is C17H12ClF3N4O2. The molecule has 140 valence electrons. The van der Waals surface area contributed by atoms with E-state index in [9.17, 15) is 18.0 Å². The molecule has 3 heterocycles. The van der Waals surface area contributed by atoms with Gasteiger partial charge in [0.15, 0.2) is 0 Å². The molecule has 1 aromatic carbocycles. The highest BCUT2D eigenvalue weighted by Crippen LogP contribution is 2.29. The summed E-state index contributed by atoms with van der Waals surface area (Å²) in [6.07, 6.45) is -0.204. The van der Waals surface area contributed by atoms with Crippen molar-refractivity contribution in [1.29, 1.82) is 0 Å². The van der Waals surface area contributed by atoms with Crippen LogP contribution in [0.3, 0.4) is 0 Å². The number of aromatic nitrogens is 4. The molecule has 0 saturated carbocycles. The van der Waals surface area contributed by atoms with Gasteiger partial charge in [-0.25, -0.2) is 0 Å². The van der Waals surface area contributed by atoms with Gasteiger partial charge in [0.25, 0.3) is 5.56 Å². The van der Waals surface area contributed by atoms with Gasteiger partial charge in [-0.1, -0.05) is 0 Å². The van der Waals surface area contributed by atoms with Gasteiger partial charge in [-0.2, -0.15) is 18.3 Å². The van der Waals surface area contributed by atoms with Gasteiger partial charge in [-0.15, -0.1) is 12.4 Å². The predicted molar refractivity (Wildman–Crippen MR) is 95.5 cm³/mol. The Kier molecular flexibility index (Phi) is 4.79. The fraction of sp³-hybridized carbons (Fsp3) is 0.118. The van der Waals surface area contributed by atoms with Crippen LogP contribution >= 0.6 is 12.4 Å². The molecule has 0 atom stereocenters. The maximum atomic E-state index is 13.0. The fourth-order valence-corrected chi connectivity index (χ4v) is 2.79. The van der Waals surface area contributed by atoms with Gasteiger partial charge in [0.1, 0.15) is 23.6 Å². The van der Waals surface area contributed by atoms with Crippen molar-refractivity contribution in [2.45, 2.75) is 12.7 Å². The van der Waals surface area contributed by atoms with Crippen LogP contribution in [0.5, 0.6) is 11.5 Å². The number of ether oxygens (including phenoxy) is 1. The lowest BCUT2D eigenvalue weighted by Gasteiger charge is -2.14. The molecule has 3 aromatic heterocycles. The normalized spacial score (nSPS) is 11.5. The van der Waals surface area contributed by atoms with E-state index in [2.05, 4.69) is 15.2 Å². The number of benzene rings is 1. The summed E-state index contributed by atoms with van der Waals surface area (Å²) in [4.78, 5) is 16.4. The van der Waals surface area contributed by atoms with Crippen LogP contribution in [-0.4, -0.2) is 25.9 Å². The molecule has 0 aliphatic rings. The van der Waals surface area contributed by atoms with Gasteiger partial charge < -0.3 is 4.74 Å². The third kappa shape index (κ3) is 3.59. The summed E-state index contributed by atoms with van der Waals surface area (Å²) < 4.78 is 45.3. The van der Waals surface area contributed by atoms with E-state index in [0.29, 0.717) is 21.2 Å². The van der Waals surface area contributed by atoms with Crippen LogP contribution in [0.4, 0.5) is 13.2 Å². The van der Waals surface area contributed by atoms with Gasteiger partial charge in [-0.3, -0.25) is 19.4 Å². The highest BCUT2D eigenvalue weighted by Gasteiger charge is 2.30. The van der Waals surface area contributed by atoms with Crippen molar-refractivity contribution in [1.82, 2.24) is 19.7 Å². The average Bonchev–Trinajstić information content (AvgIpc) is 3.08. The molecule has 0 fully saturated rings. The van der Waals surface area contributed by atoms with E-state index in [-0.39, 0.29) is 29.1 Å². The van der Waals surface area contributed by atoms with Gasteiger partial charge in [0, 0.05) is 23.8 Å². The number of halogens is 4. The van der Waals surface area contributed by atoms with E-state index < -0.39 is 18.3 Å². The van der Waals surface area contributed by atoms with E-state index in [4.69, 9.17) is 4.74 Å². The van der Waals surface area contributed by atoms with Crippen LogP contribution in [0.15, 0.2) is 53.7 Å². The predicted octanol–water partition coefficient (Wildman–Crippen LogP) is 4.05. The summed E-state index contributed by atoms with van der Waals surface area (Å²) in [6.45, 7) is -1.40. The SMILES string of the molecule is Cl.O=c1c2c[nH]nc2c2ccc(Oc3cccnc3)cc2n1CC(F)(F)F. The first-order valence-corrected chi connectivity index (χ1v) is 7.57. The second-order valence-corrected chi connectivity index (χ2v) is 5.62. The number of pyridine rings is 2. The van der Waals surface area contributed by atoms with Crippen molar-refractivity contribution in [2.75, 3.05) is 0 Å². The molecule has 6 nitrogen and oxygen atoms in total. The number of nitrogens with zero attached hydrogens (tertiary/aromatic N) is 3. The summed E-state index contributed by atoms with van der Waals surface area (Å²) in [5.74, 6) is 0.716. The highest BCUT2D eigenvalue weighted by atomic mass is 35.5. The average molecular weight is 397 g/mol. The number of fused-ring (bicyclic) bond motifs is 3. The quantitative estimate of drug-likeness (QED) is 0.567. The van der Waals surface area contributed by atoms with Crippen molar-refractivity contribution >= 4 is 34.2 Å². The molecule has 4 aromatic rings. The Hall–Kier alpha value is -3.07. The summed E-state index contributed by atoms with van der Waals surface area (Å²) >= 11 is 0. The van der Waals surface area contributed by atoms with Crippen LogP contribution < -0.4 is 10.3 Å². The number of hydrogen-bond donors (Lipinski definition) is 1. The molecule has 0 spiro atoms. The lowest BCUT2D eigenvalue weighted by molar-refractivity contribution is -0.140. The van der Waals surface area contributed by atoms with Crippen LogP contribution in [0.1, 0.15) is 0 Å². The third-order valence-corrected chi connectivity index (χ3v) is 3.84. The highest BCUT2D eigenvalue weighted by molar-refractivity contribution is 6.03. The zero-order valence-corrected chi connectivity index (χ0v) is 14.3. The molecule has 0 saturated heterocycles. The van der Waals surface area contributed by atoms with E-state index in [1.807, 2.05) is 0 Å². The minimum absolute atomic E-state index is 0. The Morgan fingerprint density at radius 1 is 1.15 bits per heavy atom. The minimum Gasteiger partial charge on any atom is -0.456 e. The van der Waals surface area contributed by atoms with Crippen LogP contribution in [0.25, 0.3) is 21.8 Å². The van der Waals surface area contributed by atoms with Crippen molar-refractivity contribution < 1.29 is 17.9 Å². The molecule has 0 unspecified atom stereocenters. The maximum Gasteiger partial charge on any atom is 0.406 e. The molecular weight excluding hydrogens is 385 g/mol. The van der Waals surface area contributed by atoms with E-state index >= 15 is 0 Å². The number of H-pyrrole nitrogens is 1. The first-order chi connectivity index (χ1) is 12.4. The van der Waals surface area contributed by atoms with E-state index in [1.165, 1.54) is 18.5 Å². The zero-order chi connectivity index (χ0) is 18.3. The Morgan fingerprint density at radius 3 is 2.67 bits per heavy atom. The minimum atomic E-state index is -4.55. The number of rotatable bonds is 3. The van der Waals surface area contributed by atoms with Crippen LogP contribution in [0.2, 0.25) is 0 Å². The van der Waals surface area contributed by atoms with Crippen LogP contribution in [-0.2, 0) is 6.54 Å². The van der Waals surface area contributed by atoms with Crippen molar-refractivity contribution in [3.8, 4) is 11.5 Å². The lowest BCUT2D eigenvalue weighted by Crippen LogP contribution is -2.28. The Morgan fingerprint density at radius 2 is 1.96 bits per heavy atom. The Balaban J connectivity index is 0.00000210. The Labute approximate surface area is 156 Å². The summed E-state index contributed by atoms with van der Waals surface area (Å²) in [7, 11) is 0. The second-order valence-electron chi connectivity index (χ2n) is 5.62. The number of alkyl halides is 3.